The maximum atomic E-state index is 12.8. The second kappa shape index (κ2) is 8.29. The number of amides is 1. The zero-order valence-electron chi connectivity index (χ0n) is 16.1. The lowest BCUT2D eigenvalue weighted by atomic mass is 10.1. The molecule has 0 saturated heterocycles. The van der Waals surface area contributed by atoms with E-state index in [1.807, 2.05) is 32.9 Å². The summed E-state index contributed by atoms with van der Waals surface area (Å²) in [5, 5.41) is 3.33. The van der Waals surface area contributed by atoms with Crippen LogP contribution in [0.15, 0.2) is 36.4 Å². The Bertz CT molecular complexity index is 959. The van der Waals surface area contributed by atoms with Crippen LogP contribution in [0.4, 0.5) is 11.4 Å². The summed E-state index contributed by atoms with van der Waals surface area (Å²) in [6.45, 7) is 5.17. The van der Waals surface area contributed by atoms with Crippen LogP contribution in [0.2, 0.25) is 5.02 Å². The molecule has 0 spiro atoms. The third-order valence-electron chi connectivity index (χ3n) is 4.12. The van der Waals surface area contributed by atoms with Crippen molar-refractivity contribution in [3.63, 3.8) is 0 Å². The summed E-state index contributed by atoms with van der Waals surface area (Å²) in [5.74, 6) is -0.438. The Morgan fingerprint density at radius 3 is 2.30 bits per heavy atom. The highest BCUT2D eigenvalue weighted by atomic mass is 35.5. The highest BCUT2D eigenvalue weighted by Gasteiger charge is 2.28. The molecule has 0 aromatic heterocycles. The number of nitrogens with zero attached hydrogens (tertiary/aromatic N) is 2. The van der Waals surface area contributed by atoms with E-state index in [0.29, 0.717) is 16.4 Å². The van der Waals surface area contributed by atoms with Gasteiger partial charge in [-0.3, -0.25) is 4.79 Å². The molecule has 0 bridgehead atoms. The van der Waals surface area contributed by atoms with Gasteiger partial charge in [-0.2, -0.15) is 12.7 Å². The van der Waals surface area contributed by atoms with Gasteiger partial charge in [0.25, 0.3) is 0 Å². The van der Waals surface area contributed by atoms with Crippen molar-refractivity contribution >= 4 is 39.1 Å². The molecular weight excluding hydrogens is 386 g/mol. The molecule has 0 atom stereocenters. The van der Waals surface area contributed by atoms with E-state index in [9.17, 15) is 13.2 Å². The standard InChI is InChI=1S/C19H24ClN3O3S/c1-13-6-7-14(2)18(10-13)23(27(25,26)22(4)5)12-19(24)21-17-9-8-16(20)11-15(17)3/h6-11H,12H2,1-5H3,(H,21,24). The molecule has 0 radical (unpaired) electrons. The maximum Gasteiger partial charge on any atom is 0.304 e. The summed E-state index contributed by atoms with van der Waals surface area (Å²) in [6, 6.07) is 10.6. The molecule has 2 rings (SSSR count). The minimum absolute atomic E-state index is 0.340. The predicted molar refractivity (Wildman–Crippen MR) is 111 cm³/mol. The second-order valence-corrected chi connectivity index (χ2v) is 9.10. The molecule has 1 amide bonds. The van der Waals surface area contributed by atoms with E-state index < -0.39 is 16.1 Å². The molecule has 0 aliphatic carbocycles. The summed E-state index contributed by atoms with van der Waals surface area (Å²) in [6.07, 6.45) is 0. The molecule has 0 fully saturated rings. The summed E-state index contributed by atoms with van der Waals surface area (Å²) in [7, 11) is -0.972. The van der Waals surface area contributed by atoms with Crippen molar-refractivity contribution in [1.29, 1.82) is 0 Å². The number of nitrogens with one attached hydrogen (secondary N) is 1. The van der Waals surface area contributed by atoms with Crippen LogP contribution in [0, 0.1) is 20.8 Å². The van der Waals surface area contributed by atoms with Gasteiger partial charge in [-0.1, -0.05) is 23.7 Å². The fraction of sp³-hybridized carbons (Fsp3) is 0.316. The van der Waals surface area contributed by atoms with Crippen molar-refractivity contribution in [2.45, 2.75) is 20.8 Å². The molecule has 2 aromatic rings. The Balaban J connectivity index is 2.37. The largest absolute Gasteiger partial charge is 0.324 e. The minimum Gasteiger partial charge on any atom is -0.324 e. The van der Waals surface area contributed by atoms with Crippen molar-refractivity contribution in [1.82, 2.24) is 4.31 Å². The summed E-state index contributed by atoms with van der Waals surface area (Å²) in [4.78, 5) is 12.6. The fourth-order valence-corrected chi connectivity index (χ4v) is 3.91. The second-order valence-electron chi connectivity index (χ2n) is 6.59. The average Bonchev–Trinajstić information content (AvgIpc) is 2.57. The minimum atomic E-state index is -3.85. The molecule has 146 valence electrons. The molecule has 27 heavy (non-hydrogen) atoms. The first kappa shape index (κ1) is 21.2. The lowest BCUT2D eigenvalue weighted by Crippen LogP contribution is -2.44. The van der Waals surface area contributed by atoms with Gasteiger partial charge in [-0.25, -0.2) is 4.31 Å². The van der Waals surface area contributed by atoms with Crippen LogP contribution in [0.1, 0.15) is 16.7 Å². The Morgan fingerprint density at radius 1 is 1.04 bits per heavy atom. The molecule has 2 aromatic carbocycles. The molecular formula is C19H24ClN3O3S. The number of carbonyl (C=O) groups excluding carboxylic acids is 1. The van der Waals surface area contributed by atoms with Gasteiger partial charge < -0.3 is 5.32 Å². The van der Waals surface area contributed by atoms with Crippen LogP contribution in [0.25, 0.3) is 0 Å². The van der Waals surface area contributed by atoms with E-state index in [1.165, 1.54) is 14.1 Å². The van der Waals surface area contributed by atoms with Gasteiger partial charge in [0, 0.05) is 24.8 Å². The number of hydrogen-bond donors (Lipinski definition) is 1. The monoisotopic (exact) mass is 409 g/mol. The molecule has 0 aliphatic rings. The Kier molecular flexibility index (Phi) is 6.51. The van der Waals surface area contributed by atoms with E-state index in [2.05, 4.69) is 5.32 Å². The number of carbonyl (C=O) groups is 1. The summed E-state index contributed by atoms with van der Waals surface area (Å²) in [5.41, 5.74) is 3.54. The number of aryl methyl sites for hydroxylation is 3. The number of hydrogen-bond acceptors (Lipinski definition) is 3. The third kappa shape index (κ3) is 5.00. The van der Waals surface area contributed by atoms with E-state index in [4.69, 9.17) is 11.6 Å². The maximum absolute atomic E-state index is 12.8. The molecule has 8 heteroatoms. The first-order chi connectivity index (χ1) is 12.5. The topological polar surface area (TPSA) is 69.7 Å². The van der Waals surface area contributed by atoms with Crippen LogP contribution in [-0.4, -0.2) is 39.3 Å². The van der Waals surface area contributed by atoms with Crippen molar-refractivity contribution in [2.24, 2.45) is 0 Å². The highest BCUT2D eigenvalue weighted by Crippen LogP contribution is 2.26. The lowest BCUT2D eigenvalue weighted by molar-refractivity contribution is -0.114. The van der Waals surface area contributed by atoms with Crippen LogP contribution in [0.5, 0.6) is 0 Å². The van der Waals surface area contributed by atoms with Crippen LogP contribution in [-0.2, 0) is 15.0 Å². The van der Waals surface area contributed by atoms with E-state index in [0.717, 1.165) is 25.3 Å². The fourth-order valence-electron chi connectivity index (χ4n) is 2.56. The zero-order chi connectivity index (χ0) is 20.4. The molecule has 0 heterocycles. The third-order valence-corrected chi connectivity index (χ3v) is 6.16. The molecule has 0 aliphatic heterocycles. The number of rotatable bonds is 6. The zero-order valence-corrected chi connectivity index (χ0v) is 17.6. The van der Waals surface area contributed by atoms with E-state index >= 15 is 0 Å². The van der Waals surface area contributed by atoms with Crippen LogP contribution < -0.4 is 9.62 Å². The normalized spacial score (nSPS) is 11.5. The molecule has 1 N–H and O–H groups in total. The van der Waals surface area contributed by atoms with Crippen LogP contribution in [0.3, 0.4) is 0 Å². The average molecular weight is 410 g/mol. The van der Waals surface area contributed by atoms with Gasteiger partial charge in [-0.05, 0) is 61.7 Å². The van der Waals surface area contributed by atoms with Gasteiger partial charge in [0.15, 0.2) is 0 Å². The van der Waals surface area contributed by atoms with Crippen molar-refractivity contribution in [2.75, 3.05) is 30.3 Å². The Hall–Kier alpha value is -2.09. The Labute approximate surface area is 165 Å². The van der Waals surface area contributed by atoms with Gasteiger partial charge in [0.1, 0.15) is 6.54 Å². The smallest absolute Gasteiger partial charge is 0.304 e. The van der Waals surface area contributed by atoms with Gasteiger partial charge in [-0.15, -0.1) is 0 Å². The summed E-state index contributed by atoms with van der Waals surface area (Å²) >= 11 is 5.94. The molecule has 0 saturated carbocycles. The predicted octanol–water partition coefficient (Wildman–Crippen LogP) is 3.52. The first-order valence-electron chi connectivity index (χ1n) is 8.36. The van der Waals surface area contributed by atoms with Crippen molar-refractivity contribution in [3.8, 4) is 0 Å². The summed E-state index contributed by atoms with van der Waals surface area (Å²) < 4.78 is 27.9. The SMILES string of the molecule is Cc1ccc(C)c(N(CC(=O)Nc2ccc(Cl)cc2C)S(=O)(=O)N(C)C)c1. The van der Waals surface area contributed by atoms with Crippen LogP contribution >= 0.6 is 11.6 Å². The van der Waals surface area contributed by atoms with E-state index in [-0.39, 0.29) is 6.54 Å². The molecule has 6 nitrogen and oxygen atoms in total. The number of halogens is 1. The van der Waals surface area contributed by atoms with Gasteiger partial charge >= 0.3 is 10.2 Å². The lowest BCUT2D eigenvalue weighted by Gasteiger charge is -2.28. The van der Waals surface area contributed by atoms with Crippen molar-refractivity contribution in [3.05, 3.63) is 58.1 Å². The Morgan fingerprint density at radius 2 is 1.70 bits per heavy atom. The van der Waals surface area contributed by atoms with Gasteiger partial charge in [0.2, 0.25) is 5.91 Å². The first-order valence-corrected chi connectivity index (χ1v) is 10.1. The van der Waals surface area contributed by atoms with Crippen molar-refractivity contribution < 1.29 is 13.2 Å². The van der Waals surface area contributed by atoms with E-state index in [1.54, 1.807) is 24.3 Å². The quantitative estimate of drug-likeness (QED) is 0.793. The van der Waals surface area contributed by atoms with Gasteiger partial charge in [0.05, 0.1) is 5.69 Å². The highest BCUT2D eigenvalue weighted by molar-refractivity contribution is 7.90. The molecule has 0 unspecified atom stereocenters. The number of benzene rings is 2. The number of anilines is 2.